The zero-order valence-electron chi connectivity index (χ0n) is 38.2. The van der Waals surface area contributed by atoms with Crippen LogP contribution in [0.4, 0.5) is 17.1 Å². The average Bonchev–Trinajstić information content (AvgIpc) is 3.90. The number of β-amino-alcohol motifs (C(OH)–C–C–N with tert-alkyl or cyclic N) is 1. The number of likely N-dealkylation sites (tertiary alicyclic amines) is 2. The second-order valence-electron chi connectivity index (χ2n) is 18.5. The van der Waals surface area contributed by atoms with Gasteiger partial charge in [0.25, 0.3) is 5.91 Å². The van der Waals surface area contributed by atoms with E-state index in [1.807, 2.05) is 81.7 Å². The highest BCUT2D eigenvalue weighted by molar-refractivity contribution is 7.13. The lowest BCUT2D eigenvalue weighted by Gasteiger charge is -2.40. The van der Waals surface area contributed by atoms with Gasteiger partial charge in [0.2, 0.25) is 17.7 Å². The second-order valence-corrected chi connectivity index (χ2v) is 19.4. The smallest absolute Gasteiger partial charge is 0.255 e. The van der Waals surface area contributed by atoms with E-state index in [0.29, 0.717) is 22.9 Å². The van der Waals surface area contributed by atoms with E-state index in [1.54, 1.807) is 35.6 Å². The number of aliphatic hydroxyl groups excluding tert-OH is 1. The lowest BCUT2D eigenvalue weighted by atomic mass is 9.85. The minimum atomic E-state index is -0.874. The number of anilines is 2. The molecule has 0 unspecified atom stereocenters. The molecule has 0 bridgehead atoms. The summed E-state index contributed by atoms with van der Waals surface area (Å²) in [6, 6.07) is 20.9. The third-order valence-electron chi connectivity index (χ3n) is 12.6. The van der Waals surface area contributed by atoms with Crippen LogP contribution in [0.3, 0.4) is 0 Å². The molecule has 1 aromatic heterocycles. The minimum absolute atomic E-state index is 0. The summed E-state index contributed by atoms with van der Waals surface area (Å²) in [7, 11) is 0. The monoisotopic (exact) mass is 941 g/mol. The molecule has 7 rings (SSSR count). The highest BCUT2D eigenvalue weighted by atomic mass is 35.5. The summed E-state index contributed by atoms with van der Waals surface area (Å²) in [5, 5.41) is 19.6. The maximum absolute atomic E-state index is 14.2. The minimum Gasteiger partial charge on any atom is -0.391 e. The van der Waals surface area contributed by atoms with Gasteiger partial charge in [-0.15, -0.1) is 23.7 Å². The number of nitrogens with zero attached hydrogens (tertiary/aromatic N) is 6. The van der Waals surface area contributed by atoms with Gasteiger partial charge in [0.05, 0.1) is 34.4 Å². The third-order valence-corrected chi connectivity index (χ3v) is 13.5. The van der Waals surface area contributed by atoms with Crippen LogP contribution in [0.5, 0.6) is 0 Å². The first-order valence-electron chi connectivity index (χ1n) is 22.5. The van der Waals surface area contributed by atoms with Gasteiger partial charge in [-0.2, -0.15) is 0 Å². The molecule has 3 fully saturated rings. The molecule has 18 heteroatoms. The second kappa shape index (κ2) is 22.3. The standard InChI is InChI=1S/C48H63N11O5S.ClH/c1-31-42(65-30-52-31)34-7-5-32(6-8-34)26-51-45(63)40-25-39(60)28-59(40)46(64)43(48(2,3)4)55-41(61)29-56-19-17-33(18-20-56)27-57-21-23-58(24-22-57)38-15-13-36(14-16-38)53-44(62)35-9-11-37(12-10-35)54-47(49)50;/h5-16,30,33,39-40,43,60H,17-29H2,1-4H3,(H,51,63)(H,53,62)(H,55,61)(H4,49,50,54);1H/t39-,40+,43-;/m1./s1. The fourth-order valence-corrected chi connectivity index (χ4v) is 9.68. The first-order valence-corrected chi connectivity index (χ1v) is 23.3. The lowest BCUT2D eigenvalue weighted by Crippen LogP contribution is -2.59. The highest BCUT2D eigenvalue weighted by Gasteiger charge is 2.44. The van der Waals surface area contributed by atoms with Crippen molar-refractivity contribution in [3.63, 3.8) is 0 Å². The Morgan fingerprint density at radius 2 is 1.56 bits per heavy atom. The zero-order chi connectivity index (χ0) is 46.3. The number of hydrogen-bond donors (Lipinski definition) is 6. The van der Waals surface area contributed by atoms with Crippen molar-refractivity contribution in [2.45, 2.75) is 71.7 Å². The maximum atomic E-state index is 14.2. The number of hydrogen-bond acceptors (Lipinski definition) is 11. The Kier molecular flexibility index (Phi) is 16.8. The van der Waals surface area contributed by atoms with E-state index in [0.717, 1.165) is 86.0 Å². The highest BCUT2D eigenvalue weighted by Crippen LogP contribution is 2.29. The molecule has 0 saturated carbocycles. The topological polar surface area (TPSA) is 215 Å². The Hall–Kier alpha value is -5.59. The Bertz CT molecular complexity index is 2300. The first kappa shape index (κ1) is 49.8. The van der Waals surface area contributed by atoms with Gasteiger partial charge in [-0.3, -0.25) is 29.0 Å². The number of carbonyl (C=O) groups is 4. The fourth-order valence-electron chi connectivity index (χ4n) is 8.87. The Labute approximate surface area is 397 Å². The summed E-state index contributed by atoms with van der Waals surface area (Å²) in [6.45, 7) is 14.5. The van der Waals surface area contributed by atoms with Crippen LogP contribution in [0, 0.1) is 18.3 Å². The predicted molar refractivity (Wildman–Crippen MR) is 263 cm³/mol. The number of guanidine groups is 1. The van der Waals surface area contributed by atoms with Crippen molar-refractivity contribution >= 4 is 70.4 Å². The predicted octanol–water partition coefficient (Wildman–Crippen LogP) is 4.34. The van der Waals surface area contributed by atoms with Crippen molar-refractivity contribution in [2.75, 3.05) is 69.1 Å². The number of aromatic nitrogens is 1. The molecule has 3 aliphatic rings. The number of nitrogens with one attached hydrogen (secondary N) is 3. The summed E-state index contributed by atoms with van der Waals surface area (Å²) in [4.78, 5) is 71.9. The molecule has 3 aromatic carbocycles. The van der Waals surface area contributed by atoms with Crippen molar-refractivity contribution < 1.29 is 24.3 Å². The lowest BCUT2D eigenvalue weighted by molar-refractivity contribution is -0.144. The summed E-state index contributed by atoms with van der Waals surface area (Å²) in [5.41, 5.74) is 17.9. The summed E-state index contributed by atoms with van der Waals surface area (Å²) >= 11 is 1.58. The van der Waals surface area contributed by atoms with Crippen molar-refractivity contribution in [1.82, 2.24) is 30.3 Å². The normalized spacial score (nSPS) is 18.8. The maximum Gasteiger partial charge on any atom is 0.255 e. The average molecular weight is 943 g/mol. The largest absolute Gasteiger partial charge is 0.391 e. The van der Waals surface area contributed by atoms with Crippen LogP contribution in [0.2, 0.25) is 0 Å². The van der Waals surface area contributed by atoms with Gasteiger partial charge in [-0.05, 0) is 104 Å². The number of rotatable bonds is 14. The Balaban J connectivity index is 0.00000720. The zero-order valence-corrected chi connectivity index (χ0v) is 39.9. The molecule has 0 aliphatic carbocycles. The number of piperidine rings is 1. The number of thiazole rings is 1. The number of nitrogens with two attached hydrogens (primary N) is 2. The van der Waals surface area contributed by atoms with Gasteiger partial charge in [0, 0.05) is 69.2 Å². The molecule has 66 heavy (non-hydrogen) atoms. The molecule has 0 radical (unpaired) electrons. The molecule has 4 amide bonds. The van der Waals surface area contributed by atoms with Crippen LogP contribution in [-0.2, 0) is 20.9 Å². The van der Waals surface area contributed by atoms with Gasteiger partial charge >= 0.3 is 0 Å². The number of benzene rings is 3. The molecule has 354 valence electrons. The van der Waals surface area contributed by atoms with E-state index in [9.17, 15) is 24.3 Å². The van der Waals surface area contributed by atoms with Crippen LogP contribution < -0.4 is 32.3 Å². The number of amides is 4. The summed E-state index contributed by atoms with van der Waals surface area (Å²) in [6.07, 6.45) is 1.27. The van der Waals surface area contributed by atoms with E-state index in [2.05, 4.69) is 40.6 Å². The molecular weight excluding hydrogens is 878 g/mol. The summed E-state index contributed by atoms with van der Waals surface area (Å²) < 4.78 is 0. The molecular formula is C48H64ClN11O5S. The van der Waals surface area contributed by atoms with Gasteiger partial charge in [0.1, 0.15) is 12.1 Å². The Morgan fingerprint density at radius 1 is 0.894 bits per heavy atom. The number of aliphatic hydroxyl groups is 1. The SMILES string of the molecule is Cc1ncsc1-c1ccc(CNC(=O)[C@@H]2C[C@@H](O)CN2C(=O)[C@@H](NC(=O)CN2CCC(CN3CCN(c4ccc(NC(=O)c5ccc(N=C(N)N)cc5)cc4)CC3)CC2)C(C)(C)C)cc1.Cl. The van der Waals surface area contributed by atoms with Crippen molar-refractivity contribution in [3.05, 3.63) is 95.1 Å². The number of halogens is 1. The molecule has 16 nitrogen and oxygen atoms in total. The molecule has 3 saturated heterocycles. The van der Waals surface area contributed by atoms with E-state index in [1.165, 1.54) is 4.90 Å². The van der Waals surface area contributed by atoms with Gasteiger partial charge < -0.3 is 42.3 Å². The number of aliphatic imine (C=N–C) groups is 1. The van der Waals surface area contributed by atoms with Crippen LogP contribution in [0.1, 0.15) is 61.6 Å². The van der Waals surface area contributed by atoms with Crippen LogP contribution in [0.15, 0.2) is 83.3 Å². The van der Waals surface area contributed by atoms with Crippen molar-refractivity contribution in [3.8, 4) is 10.4 Å². The van der Waals surface area contributed by atoms with E-state index in [-0.39, 0.29) is 68.1 Å². The van der Waals surface area contributed by atoms with Gasteiger partial charge in [-0.25, -0.2) is 9.98 Å². The Morgan fingerprint density at radius 3 is 2.17 bits per heavy atom. The van der Waals surface area contributed by atoms with E-state index < -0.39 is 23.6 Å². The molecule has 3 aliphatic heterocycles. The number of carbonyl (C=O) groups excluding carboxylic acids is 4. The van der Waals surface area contributed by atoms with Crippen LogP contribution >= 0.6 is 23.7 Å². The molecule has 3 atom stereocenters. The third kappa shape index (κ3) is 13.1. The van der Waals surface area contributed by atoms with Gasteiger partial charge in [-0.1, -0.05) is 45.0 Å². The fraction of sp³-hybridized carbons (Fsp3) is 0.458. The van der Waals surface area contributed by atoms with Gasteiger partial charge in [0.15, 0.2) is 5.96 Å². The van der Waals surface area contributed by atoms with E-state index >= 15 is 0 Å². The number of piperazine rings is 1. The molecule has 8 N–H and O–H groups in total. The molecule has 4 heterocycles. The van der Waals surface area contributed by atoms with E-state index in [4.69, 9.17) is 11.5 Å². The quantitative estimate of drug-likeness (QED) is 0.0773. The van der Waals surface area contributed by atoms with Crippen LogP contribution in [-0.4, -0.2) is 131 Å². The molecule has 0 spiro atoms. The number of aryl methyl sites for hydroxylation is 1. The van der Waals surface area contributed by atoms with Crippen LogP contribution in [0.25, 0.3) is 10.4 Å². The van der Waals surface area contributed by atoms with Crippen molar-refractivity contribution in [1.29, 1.82) is 0 Å². The molecule has 4 aromatic rings. The van der Waals surface area contributed by atoms with Crippen molar-refractivity contribution in [2.24, 2.45) is 27.8 Å². The first-order chi connectivity index (χ1) is 31.1. The summed E-state index contributed by atoms with van der Waals surface area (Å²) in [5.74, 6) is -0.642.